The second-order valence-corrected chi connectivity index (χ2v) is 3.44. The first-order valence-electron chi connectivity index (χ1n) is 5.18. The van der Waals surface area contributed by atoms with Crippen molar-refractivity contribution < 1.29 is 19.8 Å². The van der Waals surface area contributed by atoms with Crippen molar-refractivity contribution in [2.24, 2.45) is 0 Å². The number of carboxylic acid groups (broad SMARTS) is 2. The lowest BCUT2D eigenvalue weighted by molar-refractivity contribution is -0.306. The molecule has 0 amide bonds. The highest BCUT2D eigenvalue weighted by Crippen LogP contribution is 1.98. The zero-order chi connectivity index (χ0) is 11.7. The maximum absolute atomic E-state index is 10.2. The van der Waals surface area contributed by atoms with E-state index in [9.17, 15) is 19.8 Å². The molecule has 0 aliphatic carbocycles. The molecule has 0 spiro atoms. The fourth-order valence-electron chi connectivity index (χ4n) is 1.22. The van der Waals surface area contributed by atoms with Gasteiger partial charge in [0.15, 0.2) is 0 Å². The number of carbonyl (C=O) groups is 2. The normalized spacial score (nSPS) is 10.5. The van der Waals surface area contributed by atoms with Crippen molar-refractivity contribution in [3.63, 3.8) is 0 Å². The molecule has 0 aromatic heterocycles. The number of carboxylic acids is 2. The molecule has 0 atom stereocenters. The topological polar surface area (TPSA) is 83.5 Å². The van der Waals surface area contributed by atoms with Crippen molar-refractivity contribution in [3.8, 4) is 0 Å². The standard InChI is InChI=1S/C10H19NO4/c1-2-3-6-11(7-4-9(12)13)8-5-10(14)15/h2-8H2,1H3,(H,12,13)(H,14,15)/p-2. The Hall–Kier alpha value is -1.10. The van der Waals surface area contributed by atoms with E-state index in [2.05, 4.69) is 0 Å². The molecule has 0 aromatic rings. The van der Waals surface area contributed by atoms with Crippen molar-refractivity contribution in [1.29, 1.82) is 0 Å². The molecule has 0 heterocycles. The largest absolute Gasteiger partial charge is 0.550 e. The minimum atomic E-state index is -1.11. The summed E-state index contributed by atoms with van der Waals surface area (Å²) in [7, 11) is 0. The molecule has 5 nitrogen and oxygen atoms in total. The minimum absolute atomic E-state index is 0.0588. The molecular formula is C10H17NO4-2. The van der Waals surface area contributed by atoms with Crippen LogP contribution in [-0.4, -0.2) is 36.5 Å². The summed E-state index contributed by atoms with van der Waals surface area (Å²) in [5, 5.41) is 20.5. The molecule has 0 unspecified atom stereocenters. The molecule has 0 N–H and O–H groups in total. The molecule has 5 heteroatoms. The van der Waals surface area contributed by atoms with E-state index in [4.69, 9.17) is 0 Å². The summed E-state index contributed by atoms with van der Waals surface area (Å²) in [6, 6.07) is 0. The van der Waals surface area contributed by atoms with Crippen LogP contribution in [-0.2, 0) is 9.59 Å². The number of unbranched alkanes of at least 4 members (excludes halogenated alkanes) is 1. The fourth-order valence-corrected chi connectivity index (χ4v) is 1.22. The van der Waals surface area contributed by atoms with Gasteiger partial charge in [-0.2, -0.15) is 0 Å². The summed E-state index contributed by atoms with van der Waals surface area (Å²) >= 11 is 0. The Morgan fingerprint density at radius 3 is 1.80 bits per heavy atom. The van der Waals surface area contributed by atoms with Crippen LogP contribution in [0.1, 0.15) is 32.6 Å². The second-order valence-electron chi connectivity index (χ2n) is 3.44. The third kappa shape index (κ3) is 9.21. The number of hydrogen-bond acceptors (Lipinski definition) is 5. The van der Waals surface area contributed by atoms with E-state index in [1.807, 2.05) is 11.8 Å². The molecule has 0 radical (unpaired) electrons. The van der Waals surface area contributed by atoms with Crippen LogP contribution in [0.5, 0.6) is 0 Å². The summed E-state index contributed by atoms with van der Waals surface area (Å²) in [5.41, 5.74) is 0. The van der Waals surface area contributed by atoms with E-state index in [1.165, 1.54) is 0 Å². The molecule has 0 bridgehead atoms. The summed E-state index contributed by atoms with van der Waals surface area (Å²) in [6.45, 7) is 3.43. The molecular weight excluding hydrogens is 198 g/mol. The first-order valence-corrected chi connectivity index (χ1v) is 5.18. The predicted octanol–water partition coefficient (Wildman–Crippen LogP) is -1.63. The fraction of sp³-hybridized carbons (Fsp3) is 0.800. The quantitative estimate of drug-likeness (QED) is 0.461. The number of aliphatic carboxylic acids is 2. The molecule has 15 heavy (non-hydrogen) atoms. The molecule has 0 saturated heterocycles. The van der Waals surface area contributed by atoms with Gasteiger partial charge in [-0.05, 0) is 25.8 Å². The number of hydrogen-bond donors (Lipinski definition) is 0. The van der Waals surface area contributed by atoms with Gasteiger partial charge in [0.2, 0.25) is 0 Å². The van der Waals surface area contributed by atoms with Crippen LogP contribution in [0.4, 0.5) is 0 Å². The van der Waals surface area contributed by atoms with Crippen LogP contribution in [0, 0.1) is 0 Å². The van der Waals surface area contributed by atoms with Crippen molar-refractivity contribution in [2.45, 2.75) is 32.6 Å². The first-order chi connectivity index (χ1) is 7.06. The Morgan fingerprint density at radius 2 is 1.47 bits per heavy atom. The van der Waals surface area contributed by atoms with E-state index in [0.29, 0.717) is 13.1 Å². The van der Waals surface area contributed by atoms with Gasteiger partial charge in [0.1, 0.15) is 0 Å². The third-order valence-electron chi connectivity index (χ3n) is 2.09. The molecule has 0 rings (SSSR count). The van der Waals surface area contributed by atoms with Gasteiger partial charge in [-0.1, -0.05) is 13.3 Å². The van der Waals surface area contributed by atoms with Gasteiger partial charge >= 0.3 is 0 Å². The van der Waals surface area contributed by atoms with Gasteiger partial charge < -0.3 is 24.7 Å². The highest BCUT2D eigenvalue weighted by atomic mass is 16.4. The smallest absolute Gasteiger partial charge is 0.0427 e. The van der Waals surface area contributed by atoms with Crippen molar-refractivity contribution in [1.82, 2.24) is 4.90 Å². The number of carbonyl (C=O) groups excluding carboxylic acids is 2. The van der Waals surface area contributed by atoms with Gasteiger partial charge in [0.05, 0.1) is 0 Å². The summed E-state index contributed by atoms with van der Waals surface area (Å²) in [6.07, 6.45) is 1.81. The van der Waals surface area contributed by atoms with Gasteiger partial charge in [-0.15, -0.1) is 0 Å². The Morgan fingerprint density at radius 1 is 1.00 bits per heavy atom. The summed E-state index contributed by atoms with van der Waals surface area (Å²) < 4.78 is 0. The summed E-state index contributed by atoms with van der Waals surface area (Å²) in [5.74, 6) is -2.21. The second kappa shape index (κ2) is 8.23. The van der Waals surface area contributed by atoms with E-state index in [-0.39, 0.29) is 12.8 Å². The average molecular weight is 215 g/mol. The van der Waals surface area contributed by atoms with Crippen LogP contribution < -0.4 is 10.2 Å². The van der Waals surface area contributed by atoms with E-state index < -0.39 is 11.9 Å². The van der Waals surface area contributed by atoms with Crippen LogP contribution in [0.15, 0.2) is 0 Å². The van der Waals surface area contributed by atoms with Crippen molar-refractivity contribution in [2.75, 3.05) is 19.6 Å². The van der Waals surface area contributed by atoms with Crippen LogP contribution in [0.3, 0.4) is 0 Å². The van der Waals surface area contributed by atoms with Gasteiger partial charge in [-0.25, -0.2) is 0 Å². The van der Waals surface area contributed by atoms with Crippen LogP contribution >= 0.6 is 0 Å². The van der Waals surface area contributed by atoms with E-state index in [0.717, 1.165) is 19.4 Å². The van der Waals surface area contributed by atoms with Crippen LogP contribution in [0.2, 0.25) is 0 Å². The average Bonchev–Trinajstić information content (AvgIpc) is 2.16. The highest BCUT2D eigenvalue weighted by Gasteiger charge is 2.04. The number of rotatable bonds is 9. The monoisotopic (exact) mass is 215 g/mol. The third-order valence-corrected chi connectivity index (χ3v) is 2.09. The maximum atomic E-state index is 10.2. The molecule has 0 aromatic carbocycles. The Bertz CT molecular complexity index is 188. The molecule has 88 valence electrons. The molecule has 0 fully saturated rings. The van der Waals surface area contributed by atoms with Crippen molar-refractivity contribution in [3.05, 3.63) is 0 Å². The zero-order valence-corrected chi connectivity index (χ0v) is 9.03. The van der Waals surface area contributed by atoms with Crippen molar-refractivity contribution >= 4 is 11.9 Å². The molecule has 0 aliphatic rings. The Balaban J connectivity index is 3.82. The Kier molecular flexibility index (Phi) is 7.62. The van der Waals surface area contributed by atoms with E-state index in [1.54, 1.807) is 0 Å². The lowest BCUT2D eigenvalue weighted by Crippen LogP contribution is -2.35. The molecule has 0 aliphatic heterocycles. The molecule has 0 saturated carbocycles. The summed E-state index contributed by atoms with van der Waals surface area (Å²) in [4.78, 5) is 22.3. The van der Waals surface area contributed by atoms with Gasteiger partial charge in [0, 0.05) is 25.0 Å². The first kappa shape index (κ1) is 13.9. The lowest BCUT2D eigenvalue weighted by Gasteiger charge is -2.22. The maximum Gasteiger partial charge on any atom is 0.0427 e. The van der Waals surface area contributed by atoms with Crippen LogP contribution in [0.25, 0.3) is 0 Å². The Labute approximate surface area is 89.7 Å². The van der Waals surface area contributed by atoms with E-state index >= 15 is 0 Å². The SMILES string of the molecule is CCCCN(CCC(=O)[O-])CCC(=O)[O-]. The highest BCUT2D eigenvalue weighted by molar-refractivity contribution is 5.65. The lowest BCUT2D eigenvalue weighted by atomic mass is 10.2. The number of nitrogens with zero attached hydrogens (tertiary/aromatic N) is 1. The van der Waals surface area contributed by atoms with Gasteiger partial charge in [0.25, 0.3) is 0 Å². The minimum Gasteiger partial charge on any atom is -0.550 e. The predicted molar refractivity (Wildman–Crippen MR) is 50.6 cm³/mol. The van der Waals surface area contributed by atoms with Gasteiger partial charge in [-0.3, -0.25) is 0 Å². The zero-order valence-electron chi connectivity index (χ0n) is 9.03.